The standard InChI is InChI=1S/C18H16ClN7O/c1-11-16(22-24-26(11)14-6-4-5-13(19)10-14)18-21-17(23-27-18)12-7-8-20-15(9-12)25(2)3/h4-10H,1-3H3. The lowest BCUT2D eigenvalue weighted by Crippen LogP contribution is -2.10. The summed E-state index contributed by atoms with van der Waals surface area (Å²) in [5, 5.41) is 13.1. The van der Waals surface area contributed by atoms with Gasteiger partial charge in [-0.15, -0.1) is 5.10 Å². The van der Waals surface area contributed by atoms with Crippen LogP contribution in [0.3, 0.4) is 0 Å². The van der Waals surface area contributed by atoms with Crippen molar-refractivity contribution in [2.45, 2.75) is 6.92 Å². The van der Waals surface area contributed by atoms with Crippen molar-refractivity contribution in [1.29, 1.82) is 0 Å². The van der Waals surface area contributed by atoms with Gasteiger partial charge in [0.25, 0.3) is 5.89 Å². The Morgan fingerprint density at radius 3 is 2.78 bits per heavy atom. The number of hydrogen-bond donors (Lipinski definition) is 0. The van der Waals surface area contributed by atoms with Crippen LogP contribution >= 0.6 is 11.6 Å². The van der Waals surface area contributed by atoms with Crippen molar-refractivity contribution in [1.82, 2.24) is 30.1 Å². The molecule has 0 N–H and O–H groups in total. The zero-order valence-electron chi connectivity index (χ0n) is 15.0. The van der Waals surface area contributed by atoms with Gasteiger partial charge < -0.3 is 9.42 Å². The molecular formula is C18H16ClN7O. The van der Waals surface area contributed by atoms with Gasteiger partial charge in [0.15, 0.2) is 5.69 Å². The van der Waals surface area contributed by atoms with E-state index >= 15 is 0 Å². The molecule has 0 amide bonds. The maximum absolute atomic E-state index is 6.07. The van der Waals surface area contributed by atoms with Gasteiger partial charge in [0.2, 0.25) is 5.82 Å². The molecule has 0 bridgehead atoms. The van der Waals surface area contributed by atoms with Gasteiger partial charge in [-0.2, -0.15) is 4.98 Å². The van der Waals surface area contributed by atoms with Gasteiger partial charge in [0, 0.05) is 30.9 Å². The van der Waals surface area contributed by atoms with E-state index in [0.717, 1.165) is 22.8 Å². The quantitative estimate of drug-likeness (QED) is 0.535. The van der Waals surface area contributed by atoms with Crippen LogP contribution in [-0.2, 0) is 0 Å². The fraction of sp³-hybridized carbons (Fsp3) is 0.167. The lowest BCUT2D eigenvalue weighted by Gasteiger charge is -2.10. The van der Waals surface area contributed by atoms with Crippen molar-refractivity contribution in [2.24, 2.45) is 0 Å². The molecule has 0 spiro atoms. The number of anilines is 1. The number of hydrogen-bond acceptors (Lipinski definition) is 7. The van der Waals surface area contributed by atoms with E-state index in [1.54, 1.807) is 16.9 Å². The predicted molar refractivity (Wildman–Crippen MR) is 102 cm³/mol. The fourth-order valence-corrected chi connectivity index (χ4v) is 2.80. The van der Waals surface area contributed by atoms with E-state index in [-0.39, 0.29) is 0 Å². The van der Waals surface area contributed by atoms with Crippen LogP contribution in [-0.4, -0.2) is 44.2 Å². The minimum atomic E-state index is 0.305. The van der Waals surface area contributed by atoms with E-state index in [0.29, 0.717) is 22.4 Å². The second-order valence-corrected chi connectivity index (χ2v) is 6.57. The summed E-state index contributed by atoms with van der Waals surface area (Å²) >= 11 is 6.07. The Kier molecular flexibility index (Phi) is 4.33. The third-order valence-electron chi connectivity index (χ3n) is 4.04. The SMILES string of the molecule is Cc1c(-c2nc(-c3ccnc(N(C)C)c3)no2)nnn1-c1cccc(Cl)c1. The molecule has 0 aliphatic rings. The van der Waals surface area contributed by atoms with E-state index in [1.165, 1.54) is 0 Å². The number of rotatable bonds is 4. The molecule has 8 nitrogen and oxygen atoms in total. The first-order chi connectivity index (χ1) is 13.0. The molecule has 4 aromatic rings. The summed E-state index contributed by atoms with van der Waals surface area (Å²) in [4.78, 5) is 10.7. The van der Waals surface area contributed by atoms with Gasteiger partial charge in [0.05, 0.1) is 11.4 Å². The molecule has 1 aromatic carbocycles. The highest BCUT2D eigenvalue weighted by Crippen LogP contribution is 2.26. The monoisotopic (exact) mass is 381 g/mol. The summed E-state index contributed by atoms with van der Waals surface area (Å²) in [6.07, 6.45) is 1.71. The maximum atomic E-state index is 6.07. The van der Waals surface area contributed by atoms with E-state index in [4.69, 9.17) is 16.1 Å². The molecular weight excluding hydrogens is 366 g/mol. The molecule has 3 aromatic heterocycles. The van der Waals surface area contributed by atoms with Crippen molar-refractivity contribution < 1.29 is 4.52 Å². The number of pyridine rings is 1. The molecule has 0 unspecified atom stereocenters. The first-order valence-electron chi connectivity index (χ1n) is 8.19. The summed E-state index contributed by atoms with van der Waals surface area (Å²) in [6, 6.07) is 11.1. The number of halogens is 1. The maximum Gasteiger partial charge on any atom is 0.280 e. The van der Waals surface area contributed by atoms with E-state index < -0.39 is 0 Å². The van der Waals surface area contributed by atoms with Gasteiger partial charge in [-0.25, -0.2) is 9.67 Å². The van der Waals surface area contributed by atoms with Crippen LogP contribution in [0.4, 0.5) is 5.82 Å². The normalized spacial score (nSPS) is 11.0. The molecule has 4 rings (SSSR count). The average molecular weight is 382 g/mol. The van der Waals surface area contributed by atoms with E-state index in [1.807, 2.05) is 56.3 Å². The Hall–Kier alpha value is -3.26. The average Bonchev–Trinajstić information content (AvgIpc) is 3.28. The second-order valence-electron chi connectivity index (χ2n) is 6.14. The Morgan fingerprint density at radius 1 is 1.15 bits per heavy atom. The zero-order valence-corrected chi connectivity index (χ0v) is 15.7. The minimum absolute atomic E-state index is 0.305. The Labute approximate surface area is 160 Å². The van der Waals surface area contributed by atoms with Gasteiger partial charge in [-0.05, 0) is 37.3 Å². The van der Waals surface area contributed by atoms with Gasteiger partial charge in [-0.1, -0.05) is 28.0 Å². The second kappa shape index (κ2) is 6.81. The molecule has 136 valence electrons. The Bertz CT molecular complexity index is 1100. The smallest absolute Gasteiger partial charge is 0.280 e. The summed E-state index contributed by atoms with van der Waals surface area (Å²) in [5.41, 5.74) is 2.92. The molecule has 9 heteroatoms. The number of benzene rings is 1. The van der Waals surface area contributed by atoms with E-state index in [2.05, 4.69) is 25.4 Å². The molecule has 0 aliphatic heterocycles. The lowest BCUT2D eigenvalue weighted by atomic mass is 10.2. The molecule has 0 radical (unpaired) electrons. The topological polar surface area (TPSA) is 85.8 Å². The number of nitrogens with zero attached hydrogens (tertiary/aromatic N) is 7. The van der Waals surface area contributed by atoms with Crippen LogP contribution < -0.4 is 4.90 Å². The van der Waals surface area contributed by atoms with Crippen molar-refractivity contribution in [3.8, 4) is 28.7 Å². The largest absolute Gasteiger partial charge is 0.363 e. The van der Waals surface area contributed by atoms with Crippen molar-refractivity contribution in [3.63, 3.8) is 0 Å². The lowest BCUT2D eigenvalue weighted by molar-refractivity contribution is 0.430. The third kappa shape index (κ3) is 3.26. The highest BCUT2D eigenvalue weighted by Gasteiger charge is 2.19. The summed E-state index contributed by atoms with van der Waals surface area (Å²) in [6.45, 7) is 1.89. The van der Waals surface area contributed by atoms with Gasteiger partial charge in [0.1, 0.15) is 5.82 Å². The third-order valence-corrected chi connectivity index (χ3v) is 4.27. The van der Waals surface area contributed by atoms with Crippen LogP contribution in [0, 0.1) is 6.92 Å². The molecule has 0 atom stereocenters. The highest BCUT2D eigenvalue weighted by atomic mass is 35.5. The van der Waals surface area contributed by atoms with Gasteiger partial charge >= 0.3 is 0 Å². The van der Waals surface area contributed by atoms with Crippen molar-refractivity contribution in [2.75, 3.05) is 19.0 Å². The van der Waals surface area contributed by atoms with Crippen molar-refractivity contribution >= 4 is 17.4 Å². The first-order valence-corrected chi connectivity index (χ1v) is 8.57. The van der Waals surface area contributed by atoms with Crippen LogP contribution in [0.1, 0.15) is 5.69 Å². The summed E-state index contributed by atoms with van der Waals surface area (Å²) in [5.74, 6) is 1.58. The zero-order chi connectivity index (χ0) is 19.0. The van der Waals surface area contributed by atoms with Crippen LogP contribution in [0.5, 0.6) is 0 Å². The molecule has 27 heavy (non-hydrogen) atoms. The molecule has 0 saturated heterocycles. The fourth-order valence-electron chi connectivity index (χ4n) is 2.62. The van der Waals surface area contributed by atoms with Crippen LogP contribution in [0.15, 0.2) is 47.1 Å². The molecule has 0 aliphatic carbocycles. The van der Waals surface area contributed by atoms with Gasteiger partial charge in [-0.3, -0.25) is 0 Å². The summed E-state index contributed by atoms with van der Waals surface area (Å²) in [7, 11) is 3.84. The van der Waals surface area contributed by atoms with Crippen molar-refractivity contribution in [3.05, 3.63) is 53.3 Å². The highest BCUT2D eigenvalue weighted by molar-refractivity contribution is 6.30. The first kappa shape index (κ1) is 17.2. The molecule has 0 saturated carbocycles. The van der Waals surface area contributed by atoms with Crippen LogP contribution in [0.25, 0.3) is 28.7 Å². The predicted octanol–water partition coefficient (Wildman–Crippen LogP) is 3.41. The number of aromatic nitrogens is 6. The molecule has 0 fully saturated rings. The Balaban J connectivity index is 1.69. The Morgan fingerprint density at radius 2 is 2.00 bits per heavy atom. The minimum Gasteiger partial charge on any atom is -0.363 e. The van der Waals surface area contributed by atoms with Crippen LogP contribution in [0.2, 0.25) is 5.02 Å². The van der Waals surface area contributed by atoms with E-state index in [9.17, 15) is 0 Å². The molecule has 3 heterocycles. The summed E-state index contributed by atoms with van der Waals surface area (Å²) < 4.78 is 7.10.